The number of ether oxygens (including phenoxy) is 1. The van der Waals surface area contributed by atoms with Crippen molar-refractivity contribution in [2.75, 3.05) is 18.0 Å². The van der Waals surface area contributed by atoms with Gasteiger partial charge >= 0.3 is 5.97 Å². The summed E-state index contributed by atoms with van der Waals surface area (Å²) in [5.74, 6) is 0.118. The summed E-state index contributed by atoms with van der Waals surface area (Å²) in [4.78, 5) is 13.4. The van der Waals surface area contributed by atoms with Gasteiger partial charge in [0.1, 0.15) is 0 Å². The van der Waals surface area contributed by atoms with Gasteiger partial charge < -0.3 is 15.4 Å². The van der Waals surface area contributed by atoms with E-state index in [0.29, 0.717) is 5.75 Å². The zero-order valence-corrected chi connectivity index (χ0v) is 9.63. The van der Waals surface area contributed by atoms with Gasteiger partial charge in [-0.3, -0.25) is 0 Å². The standard InChI is InChI=1S/C13H16N2O2/c1-2-13(16)17-12-6-4-3-5-11(12)15-8-7-10(14)9-15/h2-6,10H,1,7-9,14H2. The molecule has 2 N–H and O–H groups in total. The molecule has 90 valence electrons. The minimum absolute atomic E-state index is 0.193. The number of esters is 1. The van der Waals surface area contributed by atoms with Crippen LogP contribution in [0.1, 0.15) is 6.42 Å². The van der Waals surface area contributed by atoms with Crippen molar-refractivity contribution in [3.8, 4) is 5.75 Å². The molecule has 1 fully saturated rings. The molecule has 1 atom stereocenters. The maximum atomic E-state index is 11.2. The summed E-state index contributed by atoms with van der Waals surface area (Å²) in [6.45, 7) is 5.07. The van der Waals surface area contributed by atoms with Gasteiger partial charge in [-0.15, -0.1) is 0 Å². The Hall–Kier alpha value is -1.81. The summed E-state index contributed by atoms with van der Waals surface area (Å²) in [5, 5.41) is 0. The molecule has 0 bridgehead atoms. The van der Waals surface area contributed by atoms with Crippen LogP contribution < -0.4 is 15.4 Å². The predicted octanol–water partition coefficient (Wildman–Crippen LogP) is 1.32. The average Bonchev–Trinajstić information content (AvgIpc) is 2.76. The minimum atomic E-state index is -0.444. The Kier molecular flexibility index (Phi) is 3.44. The van der Waals surface area contributed by atoms with E-state index >= 15 is 0 Å². The van der Waals surface area contributed by atoms with Crippen molar-refractivity contribution in [3.05, 3.63) is 36.9 Å². The summed E-state index contributed by atoms with van der Waals surface area (Å²) >= 11 is 0. The molecule has 0 radical (unpaired) electrons. The van der Waals surface area contributed by atoms with Gasteiger partial charge in [-0.2, -0.15) is 0 Å². The van der Waals surface area contributed by atoms with Crippen LogP contribution in [0.15, 0.2) is 36.9 Å². The maximum Gasteiger partial charge on any atom is 0.335 e. The van der Waals surface area contributed by atoms with E-state index in [9.17, 15) is 4.79 Å². The molecule has 2 rings (SSSR count). The van der Waals surface area contributed by atoms with Gasteiger partial charge in [0.05, 0.1) is 5.69 Å². The molecule has 4 heteroatoms. The third-order valence-corrected chi connectivity index (χ3v) is 2.81. The molecule has 1 unspecified atom stereocenters. The van der Waals surface area contributed by atoms with Crippen LogP contribution in [0.5, 0.6) is 5.75 Å². The molecule has 17 heavy (non-hydrogen) atoms. The van der Waals surface area contributed by atoms with Crippen LogP contribution >= 0.6 is 0 Å². The van der Waals surface area contributed by atoms with E-state index in [1.165, 1.54) is 0 Å². The van der Waals surface area contributed by atoms with E-state index in [-0.39, 0.29) is 6.04 Å². The van der Waals surface area contributed by atoms with Crippen LogP contribution in [-0.4, -0.2) is 25.1 Å². The van der Waals surface area contributed by atoms with E-state index < -0.39 is 5.97 Å². The number of nitrogens with zero attached hydrogens (tertiary/aromatic N) is 1. The topological polar surface area (TPSA) is 55.6 Å². The molecule has 1 aromatic carbocycles. The molecule has 1 aromatic rings. The highest BCUT2D eigenvalue weighted by Gasteiger charge is 2.22. The predicted molar refractivity (Wildman–Crippen MR) is 67.1 cm³/mol. The first-order valence-electron chi connectivity index (χ1n) is 5.64. The smallest absolute Gasteiger partial charge is 0.335 e. The van der Waals surface area contributed by atoms with Crippen LogP contribution in [0.4, 0.5) is 5.69 Å². The molecule has 0 spiro atoms. The Morgan fingerprint density at radius 1 is 1.53 bits per heavy atom. The van der Waals surface area contributed by atoms with E-state index in [1.807, 2.05) is 18.2 Å². The first-order chi connectivity index (χ1) is 8.20. The Morgan fingerprint density at radius 3 is 2.94 bits per heavy atom. The molecular formula is C13H16N2O2. The zero-order chi connectivity index (χ0) is 12.3. The van der Waals surface area contributed by atoms with Crippen molar-refractivity contribution >= 4 is 11.7 Å². The second-order valence-electron chi connectivity index (χ2n) is 4.09. The van der Waals surface area contributed by atoms with Crippen LogP contribution in [0.2, 0.25) is 0 Å². The second kappa shape index (κ2) is 5.01. The third-order valence-electron chi connectivity index (χ3n) is 2.81. The van der Waals surface area contributed by atoms with Crippen LogP contribution in [0.3, 0.4) is 0 Å². The van der Waals surface area contributed by atoms with E-state index in [0.717, 1.165) is 31.3 Å². The molecule has 1 aliphatic rings. The monoisotopic (exact) mass is 232 g/mol. The summed E-state index contributed by atoms with van der Waals surface area (Å²) < 4.78 is 5.20. The third kappa shape index (κ3) is 2.65. The Labute approximate surface area is 101 Å². The zero-order valence-electron chi connectivity index (χ0n) is 9.63. The van der Waals surface area contributed by atoms with Gasteiger partial charge in [-0.1, -0.05) is 18.7 Å². The molecule has 4 nitrogen and oxygen atoms in total. The highest BCUT2D eigenvalue weighted by Crippen LogP contribution is 2.30. The van der Waals surface area contributed by atoms with Crippen molar-refractivity contribution < 1.29 is 9.53 Å². The number of para-hydroxylation sites is 2. The summed E-state index contributed by atoms with van der Waals surface area (Å²) in [6.07, 6.45) is 2.12. The number of hydrogen-bond donors (Lipinski definition) is 1. The van der Waals surface area contributed by atoms with Crippen molar-refractivity contribution in [2.24, 2.45) is 5.73 Å². The van der Waals surface area contributed by atoms with Crippen LogP contribution in [0, 0.1) is 0 Å². The second-order valence-corrected chi connectivity index (χ2v) is 4.09. The maximum absolute atomic E-state index is 11.2. The van der Waals surface area contributed by atoms with Crippen LogP contribution in [0.25, 0.3) is 0 Å². The number of hydrogen-bond acceptors (Lipinski definition) is 4. The normalized spacial score (nSPS) is 19.1. The number of carbonyl (C=O) groups excluding carboxylic acids is 1. The summed E-state index contributed by atoms with van der Waals surface area (Å²) in [7, 11) is 0. The fourth-order valence-corrected chi connectivity index (χ4v) is 1.96. The Morgan fingerprint density at radius 2 is 2.29 bits per heavy atom. The Balaban J connectivity index is 2.21. The van der Waals surface area contributed by atoms with Crippen molar-refractivity contribution in [2.45, 2.75) is 12.5 Å². The molecule has 0 aliphatic carbocycles. The van der Waals surface area contributed by atoms with Crippen molar-refractivity contribution in [1.29, 1.82) is 0 Å². The largest absolute Gasteiger partial charge is 0.421 e. The molecule has 1 saturated heterocycles. The van der Waals surface area contributed by atoms with E-state index in [2.05, 4.69) is 11.5 Å². The lowest BCUT2D eigenvalue weighted by Crippen LogP contribution is -2.26. The van der Waals surface area contributed by atoms with Gasteiger partial charge in [0.2, 0.25) is 0 Å². The van der Waals surface area contributed by atoms with Gasteiger partial charge in [-0.05, 0) is 18.6 Å². The number of anilines is 1. The SMILES string of the molecule is C=CC(=O)Oc1ccccc1N1CCC(N)C1. The fourth-order valence-electron chi connectivity index (χ4n) is 1.96. The van der Waals surface area contributed by atoms with Crippen molar-refractivity contribution in [1.82, 2.24) is 0 Å². The van der Waals surface area contributed by atoms with Gasteiger partial charge in [0.15, 0.2) is 5.75 Å². The van der Waals surface area contributed by atoms with Gasteiger partial charge in [-0.25, -0.2) is 4.79 Å². The lowest BCUT2D eigenvalue weighted by Gasteiger charge is -2.20. The fraction of sp³-hybridized carbons (Fsp3) is 0.308. The Bertz CT molecular complexity index is 431. The highest BCUT2D eigenvalue weighted by atomic mass is 16.5. The summed E-state index contributed by atoms with van der Waals surface area (Å²) in [5.41, 5.74) is 6.79. The quantitative estimate of drug-likeness (QED) is 0.485. The molecular weight excluding hydrogens is 216 g/mol. The first-order valence-corrected chi connectivity index (χ1v) is 5.64. The molecule has 0 amide bonds. The van der Waals surface area contributed by atoms with Crippen molar-refractivity contribution in [3.63, 3.8) is 0 Å². The molecule has 0 aromatic heterocycles. The van der Waals surface area contributed by atoms with E-state index in [1.54, 1.807) is 6.07 Å². The first kappa shape index (κ1) is 11.7. The number of rotatable bonds is 3. The lowest BCUT2D eigenvalue weighted by atomic mass is 10.2. The molecule has 1 heterocycles. The number of carbonyl (C=O) groups is 1. The van der Waals surface area contributed by atoms with Crippen LogP contribution in [-0.2, 0) is 4.79 Å². The molecule has 0 saturated carbocycles. The number of benzene rings is 1. The lowest BCUT2D eigenvalue weighted by molar-refractivity contribution is -0.128. The van der Waals surface area contributed by atoms with E-state index in [4.69, 9.17) is 10.5 Å². The molecule has 1 aliphatic heterocycles. The summed E-state index contributed by atoms with van der Waals surface area (Å²) in [6, 6.07) is 7.66. The number of nitrogens with two attached hydrogens (primary N) is 1. The van der Waals surface area contributed by atoms with Gasteiger partial charge in [0, 0.05) is 25.2 Å². The minimum Gasteiger partial charge on any atom is -0.421 e. The average molecular weight is 232 g/mol. The highest BCUT2D eigenvalue weighted by molar-refractivity contribution is 5.84. The van der Waals surface area contributed by atoms with Gasteiger partial charge in [0.25, 0.3) is 0 Å².